The maximum Gasteiger partial charge on any atom is 0.183 e. The molecule has 0 amide bonds. The fourth-order valence-electron chi connectivity index (χ4n) is 1.34. The number of nitrogens with zero attached hydrogens (tertiary/aromatic N) is 4. The minimum absolute atomic E-state index is 0.243. The third-order valence-corrected chi connectivity index (χ3v) is 1.99. The molecule has 6 heteroatoms. The van der Waals surface area contributed by atoms with Crippen molar-refractivity contribution in [3.63, 3.8) is 0 Å². The van der Waals surface area contributed by atoms with Gasteiger partial charge in [-0.2, -0.15) is 5.26 Å². The Hall–Kier alpha value is -1.71. The van der Waals surface area contributed by atoms with Gasteiger partial charge in [0, 0.05) is 33.1 Å². The molecule has 0 aromatic carbocycles. The molecule has 1 N–H and O–H groups in total. The van der Waals surface area contributed by atoms with Crippen LogP contribution in [0.3, 0.4) is 0 Å². The van der Waals surface area contributed by atoms with Gasteiger partial charge in [-0.05, 0) is 0 Å². The van der Waals surface area contributed by atoms with E-state index in [2.05, 4.69) is 9.97 Å². The molecule has 1 heterocycles. The number of aliphatic hydroxyl groups is 1. The number of ether oxygens (including phenoxy) is 1. The molecule has 1 rings (SSSR count). The van der Waals surface area contributed by atoms with Crippen LogP contribution in [0.1, 0.15) is 5.69 Å². The van der Waals surface area contributed by atoms with Gasteiger partial charge in [-0.1, -0.05) is 0 Å². The van der Waals surface area contributed by atoms with E-state index in [1.165, 1.54) is 19.5 Å². The van der Waals surface area contributed by atoms with E-state index in [0.717, 1.165) is 0 Å². The Morgan fingerprint density at radius 3 is 2.88 bits per heavy atom. The van der Waals surface area contributed by atoms with Gasteiger partial charge in [-0.25, -0.2) is 9.97 Å². The number of likely N-dealkylation sites (N-methyl/N-ethyl adjacent to an activating group) is 1. The summed E-state index contributed by atoms with van der Waals surface area (Å²) in [5.41, 5.74) is 0.245. The lowest BCUT2D eigenvalue weighted by Gasteiger charge is -2.21. The largest absolute Gasteiger partial charge is 0.389 e. The summed E-state index contributed by atoms with van der Waals surface area (Å²) in [5, 5.41) is 18.4. The van der Waals surface area contributed by atoms with E-state index >= 15 is 0 Å². The van der Waals surface area contributed by atoms with Gasteiger partial charge < -0.3 is 14.7 Å². The molecule has 0 fully saturated rings. The number of aromatic nitrogens is 2. The Balaban J connectivity index is 2.73. The highest BCUT2D eigenvalue weighted by Crippen LogP contribution is 2.12. The zero-order valence-electron chi connectivity index (χ0n) is 9.29. The van der Waals surface area contributed by atoms with Crippen molar-refractivity contribution in [1.29, 1.82) is 5.26 Å². The van der Waals surface area contributed by atoms with Crippen molar-refractivity contribution < 1.29 is 9.84 Å². The molecule has 0 saturated heterocycles. The Bertz CT molecular complexity index is 377. The Labute approximate surface area is 94.1 Å². The summed E-state index contributed by atoms with van der Waals surface area (Å²) in [5.74, 6) is 0.458. The lowest BCUT2D eigenvalue weighted by molar-refractivity contribution is 0.0694. The Morgan fingerprint density at radius 2 is 2.25 bits per heavy atom. The van der Waals surface area contributed by atoms with Crippen LogP contribution in [-0.4, -0.2) is 48.5 Å². The first-order valence-corrected chi connectivity index (χ1v) is 4.78. The lowest BCUT2D eigenvalue weighted by atomic mass is 10.3. The van der Waals surface area contributed by atoms with Gasteiger partial charge in [0.1, 0.15) is 6.07 Å². The van der Waals surface area contributed by atoms with Gasteiger partial charge in [-0.3, -0.25) is 0 Å². The van der Waals surface area contributed by atoms with Crippen LogP contribution >= 0.6 is 0 Å². The molecular formula is C10H14N4O2. The molecule has 0 aliphatic rings. The van der Waals surface area contributed by atoms with Crippen LogP contribution in [0.2, 0.25) is 0 Å². The van der Waals surface area contributed by atoms with Crippen LogP contribution in [0, 0.1) is 11.3 Å². The van der Waals surface area contributed by atoms with Gasteiger partial charge in [0.15, 0.2) is 11.5 Å². The lowest BCUT2D eigenvalue weighted by Crippen LogP contribution is -2.32. The third kappa shape index (κ3) is 3.15. The van der Waals surface area contributed by atoms with Gasteiger partial charge in [0.25, 0.3) is 0 Å². The molecular weight excluding hydrogens is 208 g/mol. The summed E-state index contributed by atoms with van der Waals surface area (Å²) >= 11 is 0. The first kappa shape index (κ1) is 12.4. The average molecular weight is 222 g/mol. The fraction of sp³-hybridized carbons (Fsp3) is 0.500. The second kappa shape index (κ2) is 6.00. The van der Waals surface area contributed by atoms with E-state index < -0.39 is 6.10 Å². The summed E-state index contributed by atoms with van der Waals surface area (Å²) in [6.45, 7) is 0.577. The van der Waals surface area contributed by atoms with Crippen molar-refractivity contribution in [2.45, 2.75) is 6.10 Å². The van der Waals surface area contributed by atoms with Gasteiger partial charge >= 0.3 is 0 Å². The quantitative estimate of drug-likeness (QED) is 0.742. The van der Waals surface area contributed by atoms with Crippen molar-refractivity contribution in [1.82, 2.24) is 9.97 Å². The molecule has 16 heavy (non-hydrogen) atoms. The number of anilines is 1. The molecule has 1 unspecified atom stereocenters. The van der Waals surface area contributed by atoms with Crippen molar-refractivity contribution in [2.24, 2.45) is 0 Å². The van der Waals surface area contributed by atoms with Crippen LogP contribution in [0.4, 0.5) is 5.82 Å². The van der Waals surface area contributed by atoms with Crippen molar-refractivity contribution >= 4 is 5.82 Å². The SMILES string of the molecule is COCC(O)CN(C)c1nccnc1C#N. The maximum absolute atomic E-state index is 9.55. The standard InChI is InChI=1S/C10H14N4O2/c1-14(6-8(15)7-16-2)10-9(5-11)12-3-4-13-10/h3-4,8,15H,6-7H2,1-2H3. The van der Waals surface area contributed by atoms with Crippen LogP contribution in [0.5, 0.6) is 0 Å². The fourth-order valence-corrected chi connectivity index (χ4v) is 1.34. The maximum atomic E-state index is 9.55. The number of methoxy groups -OCH3 is 1. The number of rotatable bonds is 5. The molecule has 86 valence electrons. The molecule has 1 aromatic heterocycles. The van der Waals surface area contributed by atoms with Crippen LogP contribution < -0.4 is 4.90 Å². The Kier molecular flexibility index (Phi) is 4.64. The predicted octanol–water partition coefficient (Wildman–Crippen LogP) is -0.208. The molecule has 6 nitrogen and oxygen atoms in total. The zero-order valence-corrected chi connectivity index (χ0v) is 9.29. The highest BCUT2D eigenvalue weighted by atomic mass is 16.5. The van der Waals surface area contributed by atoms with Crippen molar-refractivity contribution in [3.8, 4) is 6.07 Å². The molecule has 0 aliphatic heterocycles. The molecule has 0 bridgehead atoms. The summed E-state index contributed by atoms with van der Waals surface area (Å²) in [6, 6.07) is 1.95. The normalized spacial score (nSPS) is 11.9. The molecule has 0 aliphatic carbocycles. The summed E-state index contributed by atoms with van der Waals surface area (Å²) < 4.78 is 4.82. The highest BCUT2D eigenvalue weighted by molar-refractivity contribution is 5.48. The van der Waals surface area contributed by atoms with Crippen molar-refractivity contribution in [3.05, 3.63) is 18.1 Å². The first-order valence-electron chi connectivity index (χ1n) is 4.78. The molecule has 0 radical (unpaired) electrons. The van der Waals surface area contributed by atoms with Crippen molar-refractivity contribution in [2.75, 3.05) is 32.2 Å². The number of aliphatic hydroxyl groups excluding tert-OH is 1. The molecule has 0 saturated carbocycles. The zero-order chi connectivity index (χ0) is 12.0. The monoisotopic (exact) mass is 222 g/mol. The van der Waals surface area contributed by atoms with Crippen LogP contribution in [0.25, 0.3) is 0 Å². The average Bonchev–Trinajstić information content (AvgIpc) is 2.29. The number of hydrogen-bond acceptors (Lipinski definition) is 6. The molecule has 1 atom stereocenters. The third-order valence-electron chi connectivity index (χ3n) is 1.99. The minimum Gasteiger partial charge on any atom is -0.389 e. The van der Waals surface area contributed by atoms with Gasteiger partial charge in [-0.15, -0.1) is 0 Å². The second-order valence-corrected chi connectivity index (χ2v) is 3.33. The van der Waals surface area contributed by atoms with E-state index in [1.807, 2.05) is 6.07 Å². The summed E-state index contributed by atoms with van der Waals surface area (Å²) in [4.78, 5) is 9.62. The van der Waals surface area contributed by atoms with E-state index in [1.54, 1.807) is 11.9 Å². The van der Waals surface area contributed by atoms with E-state index in [9.17, 15) is 5.11 Å². The number of hydrogen-bond donors (Lipinski definition) is 1. The first-order chi connectivity index (χ1) is 7.69. The van der Waals surface area contributed by atoms with Gasteiger partial charge in [0.05, 0.1) is 12.7 Å². The van der Waals surface area contributed by atoms with Crippen LogP contribution in [-0.2, 0) is 4.74 Å². The highest BCUT2D eigenvalue weighted by Gasteiger charge is 2.13. The van der Waals surface area contributed by atoms with E-state index in [0.29, 0.717) is 12.4 Å². The van der Waals surface area contributed by atoms with Gasteiger partial charge in [0.2, 0.25) is 0 Å². The van der Waals surface area contributed by atoms with E-state index in [4.69, 9.17) is 10.00 Å². The van der Waals surface area contributed by atoms with Crippen LogP contribution in [0.15, 0.2) is 12.4 Å². The molecule has 0 spiro atoms. The smallest absolute Gasteiger partial charge is 0.183 e. The summed E-state index contributed by atoms with van der Waals surface area (Å²) in [7, 11) is 3.26. The minimum atomic E-state index is -0.622. The Morgan fingerprint density at radius 1 is 1.56 bits per heavy atom. The molecule has 1 aromatic rings. The predicted molar refractivity (Wildman–Crippen MR) is 57.9 cm³/mol. The summed E-state index contributed by atoms with van der Waals surface area (Å²) in [6.07, 6.45) is 2.35. The topological polar surface area (TPSA) is 82.3 Å². The van der Waals surface area contributed by atoms with E-state index in [-0.39, 0.29) is 12.3 Å². The number of nitriles is 1. The second-order valence-electron chi connectivity index (χ2n) is 3.33.